The molecule has 0 heterocycles. The maximum atomic E-state index is 12.5. The second-order valence-electron chi connectivity index (χ2n) is 4.76. The number of halogens is 1. The Hall–Kier alpha value is -0.580. The molecule has 0 N–H and O–H groups in total. The Balaban J connectivity index is 2.25. The Morgan fingerprint density at radius 2 is 2.11 bits per heavy atom. The second kappa shape index (κ2) is 5.59. The Morgan fingerprint density at radius 3 is 2.67 bits per heavy atom. The lowest BCUT2D eigenvalue weighted by atomic mass is 10.4. The van der Waals surface area contributed by atoms with E-state index in [2.05, 4.69) is 0 Å². The van der Waals surface area contributed by atoms with Crippen molar-refractivity contribution in [1.29, 1.82) is 0 Å². The van der Waals surface area contributed by atoms with Crippen LogP contribution in [0.1, 0.15) is 26.2 Å². The average molecular weight is 288 g/mol. The standard InChI is InChI=1S/C13H18ClNO2S/c1-2-8-15(10-11-6-7-11)18(16,17)13-5-3-4-12(14)9-13/h3-5,9,11H,2,6-8,10H2,1H3. The zero-order valence-electron chi connectivity index (χ0n) is 10.5. The van der Waals surface area contributed by atoms with Crippen LogP contribution in [0.15, 0.2) is 29.2 Å². The van der Waals surface area contributed by atoms with Gasteiger partial charge in [0, 0.05) is 18.1 Å². The molecule has 100 valence electrons. The van der Waals surface area contributed by atoms with Gasteiger partial charge in [0.25, 0.3) is 0 Å². The molecule has 1 aromatic carbocycles. The fourth-order valence-electron chi connectivity index (χ4n) is 1.92. The first-order chi connectivity index (χ1) is 8.54. The first-order valence-electron chi connectivity index (χ1n) is 6.29. The van der Waals surface area contributed by atoms with Gasteiger partial charge in [0.2, 0.25) is 10.0 Å². The van der Waals surface area contributed by atoms with E-state index in [1.807, 2.05) is 6.92 Å². The van der Waals surface area contributed by atoms with Crippen molar-refractivity contribution in [2.75, 3.05) is 13.1 Å². The molecule has 1 saturated carbocycles. The summed E-state index contributed by atoms with van der Waals surface area (Å²) in [6.07, 6.45) is 3.11. The van der Waals surface area contributed by atoms with E-state index in [9.17, 15) is 8.42 Å². The summed E-state index contributed by atoms with van der Waals surface area (Å²) in [6.45, 7) is 3.21. The largest absolute Gasteiger partial charge is 0.243 e. The average Bonchev–Trinajstić information content (AvgIpc) is 3.12. The number of hydrogen-bond acceptors (Lipinski definition) is 2. The van der Waals surface area contributed by atoms with Gasteiger partial charge in [-0.3, -0.25) is 0 Å². The van der Waals surface area contributed by atoms with Crippen LogP contribution in [0.5, 0.6) is 0 Å². The van der Waals surface area contributed by atoms with Crippen LogP contribution >= 0.6 is 11.6 Å². The van der Waals surface area contributed by atoms with Gasteiger partial charge in [0.05, 0.1) is 4.90 Å². The Labute approximate surface area is 114 Å². The van der Waals surface area contributed by atoms with Crippen LogP contribution in [0.4, 0.5) is 0 Å². The third kappa shape index (κ3) is 3.25. The van der Waals surface area contributed by atoms with Crippen LogP contribution in [0.3, 0.4) is 0 Å². The molecule has 0 amide bonds. The summed E-state index contributed by atoms with van der Waals surface area (Å²) >= 11 is 5.87. The molecule has 0 aromatic heterocycles. The summed E-state index contributed by atoms with van der Waals surface area (Å²) in [6, 6.07) is 6.49. The van der Waals surface area contributed by atoms with E-state index in [0.717, 1.165) is 19.3 Å². The lowest BCUT2D eigenvalue weighted by Crippen LogP contribution is -2.33. The van der Waals surface area contributed by atoms with Crippen molar-refractivity contribution in [3.63, 3.8) is 0 Å². The van der Waals surface area contributed by atoms with E-state index >= 15 is 0 Å². The molecule has 0 bridgehead atoms. The van der Waals surface area contributed by atoms with Gasteiger partial charge in [0.15, 0.2) is 0 Å². The lowest BCUT2D eigenvalue weighted by Gasteiger charge is -2.21. The molecule has 18 heavy (non-hydrogen) atoms. The molecular formula is C13H18ClNO2S. The van der Waals surface area contributed by atoms with Crippen molar-refractivity contribution in [2.45, 2.75) is 31.1 Å². The molecular weight excluding hydrogens is 270 g/mol. The summed E-state index contributed by atoms with van der Waals surface area (Å²) in [7, 11) is -3.39. The van der Waals surface area contributed by atoms with Gasteiger partial charge in [-0.25, -0.2) is 8.42 Å². The first kappa shape index (κ1) is 13.8. The molecule has 5 heteroatoms. The third-order valence-corrected chi connectivity index (χ3v) is 5.16. The van der Waals surface area contributed by atoms with Crippen molar-refractivity contribution in [1.82, 2.24) is 4.31 Å². The second-order valence-corrected chi connectivity index (χ2v) is 7.14. The highest BCUT2D eigenvalue weighted by Crippen LogP contribution is 2.32. The van der Waals surface area contributed by atoms with Crippen LogP contribution in [-0.4, -0.2) is 25.8 Å². The smallest absolute Gasteiger partial charge is 0.207 e. The Bertz CT molecular complexity index is 511. The minimum Gasteiger partial charge on any atom is -0.207 e. The minimum absolute atomic E-state index is 0.295. The van der Waals surface area contributed by atoms with Crippen molar-refractivity contribution < 1.29 is 8.42 Å². The van der Waals surface area contributed by atoms with E-state index in [0.29, 0.717) is 28.9 Å². The number of nitrogens with zero attached hydrogens (tertiary/aromatic N) is 1. The van der Waals surface area contributed by atoms with E-state index in [1.165, 1.54) is 6.07 Å². The highest BCUT2D eigenvalue weighted by Gasteiger charge is 2.31. The van der Waals surface area contributed by atoms with Gasteiger partial charge >= 0.3 is 0 Å². The summed E-state index contributed by atoms with van der Waals surface area (Å²) in [4.78, 5) is 0.295. The molecule has 1 aromatic rings. The van der Waals surface area contributed by atoms with Gasteiger partial charge in [-0.2, -0.15) is 4.31 Å². The van der Waals surface area contributed by atoms with Crippen molar-refractivity contribution in [3.05, 3.63) is 29.3 Å². The molecule has 1 aliphatic rings. The van der Waals surface area contributed by atoms with Gasteiger partial charge in [-0.05, 0) is 43.4 Å². The Morgan fingerprint density at radius 1 is 1.39 bits per heavy atom. The number of benzene rings is 1. The van der Waals surface area contributed by atoms with Crippen molar-refractivity contribution >= 4 is 21.6 Å². The monoisotopic (exact) mass is 287 g/mol. The molecule has 1 aliphatic carbocycles. The summed E-state index contributed by atoms with van der Waals surface area (Å²) in [5.41, 5.74) is 0. The topological polar surface area (TPSA) is 37.4 Å². The predicted octanol–water partition coefficient (Wildman–Crippen LogP) is 3.15. The van der Waals surface area contributed by atoms with E-state index < -0.39 is 10.0 Å². The molecule has 3 nitrogen and oxygen atoms in total. The maximum Gasteiger partial charge on any atom is 0.243 e. The van der Waals surface area contributed by atoms with Gasteiger partial charge in [-0.1, -0.05) is 24.6 Å². The molecule has 0 atom stereocenters. The third-order valence-electron chi connectivity index (χ3n) is 3.07. The van der Waals surface area contributed by atoms with Crippen LogP contribution < -0.4 is 0 Å². The molecule has 2 rings (SSSR count). The van der Waals surface area contributed by atoms with E-state index in [1.54, 1.807) is 22.5 Å². The minimum atomic E-state index is -3.39. The van der Waals surface area contributed by atoms with E-state index in [4.69, 9.17) is 11.6 Å². The zero-order valence-corrected chi connectivity index (χ0v) is 12.0. The fraction of sp³-hybridized carbons (Fsp3) is 0.538. The first-order valence-corrected chi connectivity index (χ1v) is 8.11. The van der Waals surface area contributed by atoms with Gasteiger partial charge in [0.1, 0.15) is 0 Å². The van der Waals surface area contributed by atoms with Crippen molar-refractivity contribution in [3.8, 4) is 0 Å². The molecule has 0 aliphatic heterocycles. The number of hydrogen-bond donors (Lipinski definition) is 0. The number of rotatable bonds is 6. The summed E-state index contributed by atoms with van der Waals surface area (Å²) < 4.78 is 26.6. The zero-order chi connectivity index (χ0) is 13.2. The highest BCUT2D eigenvalue weighted by atomic mass is 35.5. The lowest BCUT2D eigenvalue weighted by molar-refractivity contribution is 0.395. The normalized spacial score (nSPS) is 16.2. The van der Waals surface area contributed by atoms with Crippen LogP contribution in [0.2, 0.25) is 5.02 Å². The SMILES string of the molecule is CCCN(CC1CC1)S(=O)(=O)c1cccc(Cl)c1. The van der Waals surface area contributed by atoms with Gasteiger partial charge < -0.3 is 0 Å². The molecule has 0 radical (unpaired) electrons. The maximum absolute atomic E-state index is 12.5. The van der Waals surface area contributed by atoms with Crippen molar-refractivity contribution in [2.24, 2.45) is 5.92 Å². The van der Waals surface area contributed by atoms with E-state index in [-0.39, 0.29) is 0 Å². The molecule has 0 unspecified atom stereocenters. The molecule has 0 spiro atoms. The summed E-state index contributed by atoms with van der Waals surface area (Å²) in [5, 5.41) is 0.457. The summed E-state index contributed by atoms with van der Waals surface area (Å²) in [5.74, 6) is 0.547. The number of sulfonamides is 1. The predicted molar refractivity (Wildman–Crippen MR) is 73.2 cm³/mol. The van der Waals surface area contributed by atoms with Gasteiger partial charge in [-0.15, -0.1) is 0 Å². The molecule has 0 saturated heterocycles. The molecule has 1 fully saturated rings. The van der Waals surface area contributed by atoms with Crippen LogP contribution in [-0.2, 0) is 10.0 Å². The quantitative estimate of drug-likeness (QED) is 0.806. The Kier molecular flexibility index (Phi) is 4.30. The highest BCUT2D eigenvalue weighted by molar-refractivity contribution is 7.89. The van der Waals surface area contributed by atoms with Crippen LogP contribution in [0, 0.1) is 5.92 Å². The fourth-order valence-corrected chi connectivity index (χ4v) is 3.83. The van der Waals surface area contributed by atoms with Crippen LogP contribution in [0.25, 0.3) is 0 Å².